The molecule has 2 aromatic carbocycles. The van der Waals surface area contributed by atoms with Crippen LogP contribution in [-0.2, 0) is 17.6 Å². The van der Waals surface area contributed by atoms with Gasteiger partial charge in [-0.2, -0.15) is 0 Å². The fourth-order valence-corrected chi connectivity index (χ4v) is 4.03. The van der Waals surface area contributed by atoms with Crippen molar-refractivity contribution in [1.29, 1.82) is 0 Å². The van der Waals surface area contributed by atoms with Crippen molar-refractivity contribution in [3.63, 3.8) is 0 Å². The standard InChI is InChI=1S/C22H25N3O2/c1-14(16-7-5-4-6-8-16)13-20-23-18-11-12-19-17(21(18)24-20)10-9-15(2)25(19)22(26)27-3/h4-8,11-12,14-15H,9-10,13H2,1-3H3,(H,23,24)/t14?,15-/m0/s1. The van der Waals surface area contributed by atoms with Gasteiger partial charge >= 0.3 is 6.09 Å². The van der Waals surface area contributed by atoms with Crippen molar-refractivity contribution in [2.75, 3.05) is 12.0 Å². The number of rotatable bonds is 3. The first-order valence-electron chi connectivity index (χ1n) is 9.51. The summed E-state index contributed by atoms with van der Waals surface area (Å²) in [4.78, 5) is 22.4. The van der Waals surface area contributed by atoms with E-state index in [1.165, 1.54) is 12.7 Å². The van der Waals surface area contributed by atoms with Crippen molar-refractivity contribution in [1.82, 2.24) is 9.97 Å². The zero-order valence-corrected chi connectivity index (χ0v) is 16.0. The SMILES string of the molecule is COC(=O)N1c2ccc3[nH]c(CC(C)c4ccccc4)nc3c2CC[C@@H]1C. The van der Waals surface area contributed by atoms with E-state index in [1.54, 1.807) is 4.90 Å². The molecule has 5 nitrogen and oxygen atoms in total. The Kier molecular flexibility index (Phi) is 4.60. The quantitative estimate of drug-likeness (QED) is 0.726. The molecule has 0 saturated heterocycles. The van der Waals surface area contributed by atoms with E-state index in [0.29, 0.717) is 5.92 Å². The normalized spacial score (nSPS) is 17.6. The van der Waals surface area contributed by atoms with Crippen molar-refractivity contribution in [3.05, 3.63) is 59.4 Å². The van der Waals surface area contributed by atoms with E-state index in [2.05, 4.69) is 43.1 Å². The van der Waals surface area contributed by atoms with E-state index in [1.807, 2.05) is 18.2 Å². The molecular weight excluding hydrogens is 338 g/mol. The Morgan fingerprint density at radius 1 is 1.30 bits per heavy atom. The highest BCUT2D eigenvalue weighted by molar-refractivity contribution is 5.95. The average molecular weight is 363 g/mol. The molecule has 0 spiro atoms. The highest BCUT2D eigenvalue weighted by atomic mass is 16.5. The molecule has 140 valence electrons. The number of carbonyl (C=O) groups is 1. The van der Waals surface area contributed by atoms with Crippen molar-refractivity contribution >= 4 is 22.8 Å². The van der Waals surface area contributed by atoms with Crippen molar-refractivity contribution in [2.24, 2.45) is 0 Å². The number of hydrogen-bond acceptors (Lipinski definition) is 3. The molecule has 1 aromatic heterocycles. The van der Waals surface area contributed by atoms with Crippen LogP contribution in [0.25, 0.3) is 11.0 Å². The number of fused-ring (bicyclic) bond motifs is 3. The van der Waals surface area contributed by atoms with E-state index in [4.69, 9.17) is 9.72 Å². The number of anilines is 1. The first kappa shape index (κ1) is 17.6. The molecule has 1 amide bonds. The lowest BCUT2D eigenvalue weighted by molar-refractivity contribution is 0.175. The van der Waals surface area contributed by atoms with E-state index in [0.717, 1.165) is 47.4 Å². The lowest BCUT2D eigenvalue weighted by Gasteiger charge is -2.34. The fourth-order valence-electron chi connectivity index (χ4n) is 4.03. The number of carbonyl (C=O) groups excluding carboxylic acids is 1. The Bertz CT molecular complexity index is 964. The Morgan fingerprint density at radius 2 is 2.07 bits per heavy atom. The van der Waals surface area contributed by atoms with Crippen LogP contribution in [0.3, 0.4) is 0 Å². The monoisotopic (exact) mass is 363 g/mol. The summed E-state index contributed by atoms with van der Waals surface area (Å²) in [5, 5.41) is 0. The van der Waals surface area contributed by atoms with Crippen LogP contribution >= 0.6 is 0 Å². The molecule has 0 fully saturated rings. The van der Waals surface area contributed by atoms with Gasteiger partial charge in [0, 0.05) is 18.0 Å². The number of amides is 1. The van der Waals surface area contributed by atoms with Crippen molar-refractivity contribution in [2.45, 2.75) is 45.1 Å². The lowest BCUT2D eigenvalue weighted by Crippen LogP contribution is -2.42. The number of ether oxygens (including phenoxy) is 1. The fraction of sp³-hybridized carbons (Fsp3) is 0.364. The Balaban J connectivity index is 1.69. The van der Waals surface area contributed by atoms with Gasteiger partial charge in [-0.05, 0) is 43.4 Å². The summed E-state index contributed by atoms with van der Waals surface area (Å²) in [5.74, 6) is 1.37. The van der Waals surface area contributed by atoms with Crippen LogP contribution in [0.4, 0.5) is 10.5 Å². The van der Waals surface area contributed by atoms with Crippen LogP contribution < -0.4 is 4.90 Å². The van der Waals surface area contributed by atoms with Gasteiger partial charge in [-0.1, -0.05) is 37.3 Å². The van der Waals surface area contributed by atoms with Gasteiger partial charge in [-0.3, -0.25) is 4.90 Å². The average Bonchev–Trinajstić information content (AvgIpc) is 3.10. The molecule has 4 rings (SSSR count). The molecule has 2 atom stereocenters. The summed E-state index contributed by atoms with van der Waals surface area (Å²) in [6.45, 7) is 4.28. The maximum Gasteiger partial charge on any atom is 0.414 e. The summed E-state index contributed by atoms with van der Waals surface area (Å²) in [6, 6.07) is 14.7. The van der Waals surface area contributed by atoms with Gasteiger partial charge in [0.15, 0.2) is 0 Å². The second-order valence-corrected chi connectivity index (χ2v) is 7.39. The number of nitrogens with zero attached hydrogens (tertiary/aromatic N) is 2. The second-order valence-electron chi connectivity index (χ2n) is 7.39. The van der Waals surface area contributed by atoms with Crippen LogP contribution in [0, 0.1) is 0 Å². The van der Waals surface area contributed by atoms with E-state index >= 15 is 0 Å². The van der Waals surface area contributed by atoms with Crippen molar-refractivity contribution < 1.29 is 9.53 Å². The Morgan fingerprint density at radius 3 is 2.81 bits per heavy atom. The third-order valence-corrected chi connectivity index (χ3v) is 5.54. The topological polar surface area (TPSA) is 58.2 Å². The Labute approximate surface area is 159 Å². The molecule has 1 aliphatic heterocycles. The number of hydrogen-bond donors (Lipinski definition) is 1. The van der Waals surface area contributed by atoms with Crippen LogP contribution in [0.2, 0.25) is 0 Å². The van der Waals surface area contributed by atoms with Crippen LogP contribution in [0.5, 0.6) is 0 Å². The first-order valence-corrected chi connectivity index (χ1v) is 9.51. The van der Waals surface area contributed by atoms with Crippen molar-refractivity contribution in [3.8, 4) is 0 Å². The van der Waals surface area contributed by atoms with E-state index in [9.17, 15) is 4.79 Å². The zero-order valence-electron chi connectivity index (χ0n) is 16.0. The molecule has 1 N–H and O–H groups in total. The molecule has 2 heterocycles. The molecule has 0 saturated carbocycles. The minimum absolute atomic E-state index is 0.124. The summed E-state index contributed by atoms with van der Waals surface area (Å²) in [5.41, 5.74) is 5.37. The van der Waals surface area contributed by atoms with Gasteiger partial charge in [0.2, 0.25) is 0 Å². The third kappa shape index (κ3) is 3.18. The highest BCUT2D eigenvalue weighted by Gasteiger charge is 2.30. The molecule has 0 radical (unpaired) electrons. The number of aromatic amines is 1. The molecule has 1 aliphatic rings. The maximum atomic E-state index is 12.3. The van der Waals surface area contributed by atoms with E-state index < -0.39 is 0 Å². The smallest absolute Gasteiger partial charge is 0.414 e. The van der Waals surface area contributed by atoms with Crippen LogP contribution in [-0.4, -0.2) is 29.2 Å². The summed E-state index contributed by atoms with van der Waals surface area (Å²) in [7, 11) is 1.43. The van der Waals surface area contributed by atoms with Gasteiger partial charge in [0.05, 0.1) is 23.8 Å². The number of nitrogens with one attached hydrogen (secondary N) is 1. The van der Waals surface area contributed by atoms with Gasteiger partial charge in [-0.25, -0.2) is 9.78 Å². The molecule has 1 unspecified atom stereocenters. The molecule has 0 aliphatic carbocycles. The highest BCUT2D eigenvalue weighted by Crippen LogP contribution is 2.36. The molecule has 27 heavy (non-hydrogen) atoms. The summed E-state index contributed by atoms with van der Waals surface area (Å²) < 4.78 is 4.99. The largest absolute Gasteiger partial charge is 0.452 e. The number of aryl methyl sites for hydroxylation is 1. The second kappa shape index (κ2) is 7.06. The number of H-pyrrole nitrogens is 1. The van der Waals surface area contributed by atoms with Gasteiger partial charge in [0.1, 0.15) is 5.82 Å². The summed E-state index contributed by atoms with van der Waals surface area (Å²) in [6.07, 6.45) is 2.37. The Hall–Kier alpha value is -2.82. The number of aromatic nitrogens is 2. The minimum atomic E-state index is -0.309. The molecular formula is C22H25N3O2. The summed E-state index contributed by atoms with van der Waals surface area (Å²) >= 11 is 0. The van der Waals surface area contributed by atoms with E-state index in [-0.39, 0.29) is 12.1 Å². The third-order valence-electron chi connectivity index (χ3n) is 5.54. The number of methoxy groups -OCH3 is 1. The molecule has 3 aromatic rings. The number of imidazole rings is 1. The minimum Gasteiger partial charge on any atom is -0.452 e. The molecule has 0 bridgehead atoms. The first-order chi connectivity index (χ1) is 13.1. The zero-order chi connectivity index (χ0) is 19.0. The van der Waals surface area contributed by atoms with Gasteiger partial charge in [-0.15, -0.1) is 0 Å². The predicted molar refractivity (Wildman–Crippen MR) is 107 cm³/mol. The molecule has 5 heteroatoms. The predicted octanol–water partition coefficient (Wildman–Crippen LogP) is 4.82. The van der Waals surface area contributed by atoms with Gasteiger partial charge in [0.25, 0.3) is 0 Å². The lowest BCUT2D eigenvalue weighted by atomic mass is 9.96. The van der Waals surface area contributed by atoms with Gasteiger partial charge < -0.3 is 9.72 Å². The maximum absolute atomic E-state index is 12.3. The number of benzene rings is 2. The van der Waals surface area contributed by atoms with Crippen LogP contribution in [0.15, 0.2) is 42.5 Å². The van der Waals surface area contributed by atoms with Crippen LogP contribution in [0.1, 0.15) is 43.1 Å².